The average molecular weight is 475 g/mol. The summed E-state index contributed by atoms with van der Waals surface area (Å²) in [6, 6.07) is 25.3. The Morgan fingerprint density at radius 1 is 0.857 bits per heavy atom. The van der Waals surface area contributed by atoms with Crippen LogP contribution in [0.25, 0.3) is 0 Å². The zero-order valence-corrected chi connectivity index (χ0v) is 20.6. The Kier molecular flexibility index (Phi) is 9.72. The fourth-order valence-corrected chi connectivity index (χ4v) is 3.68. The largest absolute Gasteiger partial charge is 0.497 e. The highest BCUT2D eigenvalue weighted by atomic mass is 16.5. The van der Waals surface area contributed by atoms with Gasteiger partial charge in [-0.05, 0) is 47.7 Å². The zero-order chi connectivity index (χ0) is 25.0. The fraction of sp³-hybridized carbons (Fsp3) is 0.310. The molecule has 0 radical (unpaired) electrons. The predicted octanol–water partition coefficient (Wildman–Crippen LogP) is 5.01. The number of methoxy groups -OCH3 is 1. The third kappa shape index (κ3) is 7.88. The highest BCUT2D eigenvalue weighted by Gasteiger charge is 2.31. The van der Waals surface area contributed by atoms with Gasteiger partial charge in [0.15, 0.2) is 6.61 Å². The maximum absolute atomic E-state index is 13.5. The first-order chi connectivity index (χ1) is 17.0. The van der Waals surface area contributed by atoms with E-state index in [0.717, 1.165) is 23.3 Å². The van der Waals surface area contributed by atoms with Crippen LogP contribution in [-0.4, -0.2) is 37.0 Å². The van der Waals surface area contributed by atoms with Gasteiger partial charge in [0.25, 0.3) is 5.91 Å². The Bertz CT molecular complexity index is 1050. The van der Waals surface area contributed by atoms with Gasteiger partial charge in [0.1, 0.15) is 17.5 Å². The van der Waals surface area contributed by atoms with Crippen LogP contribution in [-0.2, 0) is 16.1 Å². The summed E-state index contributed by atoms with van der Waals surface area (Å²) < 4.78 is 11.0. The van der Waals surface area contributed by atoms with Gasteiger partial charge in [0.05, 0.1) is 7.11 Å². The SMILES string of the molecule is COc1ccc(CN(C(=O)COc2ccccc2)[C@@H](C(=O)NCCC(C)C)c2ccccc2)cc1. The molecule has 35 heavy (non-hydrogen) atoms. The summed E-state index contributed by atoms with van der Waals surface area (Å²) in [6.07, 6.45) is 0.858. The molecule has 6 heteroatoms. The van der Waals surface area contributed by atoms with Crippen molar-refractivity contribution in [2.45, 2.75) is 32.9 Å². The van der Waals surface area contributed by atoms with Gasteiger partial charge < -0.3 is 19.7 Å². The molecule has 184 valence electrons. The Morgan fingerprint density at radius 3 is 2.09 bits per heavy atom. The van der Waals surface area contributed by atoms with Gasteiger partial charge in [-0.15, -0.1) is 0 Å². The van der Waals surface area contributed by atoms with Crippen LogP contribution in [0.4, 0.5) is 0 Å². The molecule has 0 aliphatic carbocycles. The van der Waals surface area contributed by atoms with E-state index >= 15 is 0 Å². The van der Waals surface area contributed by atoms with Crippen molar-refractivity contribution in [2.75, 3.05) is 20.3 Å². The number of amides is 2. The Morgan fingerprint density at radius 2 is 1.49 bits per heavy atom. The topological polar surface area (TPSA) is 67.9 Å². The molecule has 3 rings (SSSR count). The van der Waals surface area contributed by atoms with E-state index < -0.39 is 6.04 Å². The van der Waals surface area contributed by atoms with Crippen LogP contribution in [0.3, 0.4) is 0 Å². The van der Waals surface area contributed by atoms with Crippen molar-refractivity contribution in [1.29, 1.82) is 0 Å². The number of nitrogens with zero attached hydrogens (tertiary/aromatic N) is 1. The minimum absolute atomic E-state index is 0.178. The van der Waals surface area contributed by atoms with Gasteiger partial charge in [0.2, 0.25) is 5.91 Å². The number of hydrogen-bond donors (Lipinski definition) is 1. The lowest BCUT2D eigenvalue weighted by Crippen LogP contribution is -2.45. The van der Waals surface area contributed by atoms with E-state index in [0.29, 0.717) is 18.2 Å². The normalized spacial score (nSPS) is 11.5. The molecule has 6 nitrogen and oxygen atoms in total. The van der Waals surface area contributed by atoms with E-state index in [4.69, 9.17) is 9.47 Å². The second kappa shape index (κ2) is 13.2. The zero-order valence-electron chi connectivity index (χ0n) is 20.6. The van der Waals surface area contributed by atoms with Crippen molar-refractivity contribution in [1.82, 2.24) is 10.2 Å². The van der Waals surface area contributed by atoms with Crippen LogP contribution in [0.1, 0.15) is 37.4 Å². The number of nitrogens with one attached hydrogen (secondary N) is 1. The summed E-state index contributed by atoms with van der Waals surface area (Å²) in [6.45, 7) is 4.84. The van der Waals surface area contributed by atoms with Crippen LogP contribution < -0.4 is 14.8 Å². The van der Waals surface area contributed by atoms with Crippen molar-refractivity contribution >= 4 is 11.8 Å². The number of rotatable bonds is 12. The van der Waals surface area contributed by atoms with Crippen molar-refractivity contribution in [3.8, 4) is 11.5 Å². The minimum Gasteiger partial charge on any atom is -0.497 e. The Balaban J connectivity index is 1.90. The first-order valence-corrected chi connectivity index (χ1v) is 11.9. The summed E-state index contributed by atoms with van der Waals surface area (Å²) >= 11 is 0. The second-order valence-corrected chi connectivity index (χ2v) is 8.76. The molecule has 0 saturated heterocycles. The molecular weight excluding hydrogens is 440 g/mol. The molecule has 3 aromatic carbocycles. The smallest absolute Gasteiger partial charge is 0.261 e. The fourth-order valence-electron chi connectivity index (χ4n) is 3.68. The van der Waals surface area contributed by atoms with Gasteiger partial charge in [-0.1, -0.05) is 74.5 Å². The Labute approximate surface area is 207 Å². The van der Waals surface area contributed by atoms with Crippen LogP contribution in [0.5, 0.6) is 11.5 Å². The third-order valence-corrected chi connectivity index (χ3v) is 5.63. The van der Waals surface area contributed by atoms with E-state index in [1.54, 1.807) is 24.1 Å². The number of hydrogen-bond acceptors (Lipinski definition) is 4. The molecule has 0 fully saturated rings. The minimum atomic E-state index is -0.794. The molecule has 0 aromatic heterocycles. The number of para-hydroxylation sites is 1. The molecule has 1 N–H and O–H groups in total. The molecule has 2 amide bonds. The molecule has 3 aromatic rings. The van der Waals surface area contributed by atoms with E-state index in [1.165, 1.54) is 0 Å². The lowest BCUT2D eigenvalue weighted by atomic mass is 10.0. The monoisotopic (exact) mass is 474 g/mol. The Hall–Kier alpha value is -3.80. The van der Waals surface area contributed by atoms with Crippen LogP contribution >= 0.6 is 0 Å². The molecular formula is C29H34N2O4. The number of ether oxygens (including phenoxy) is 2. The summed E-state index contributed by atoms with van der Waals surface area (Å²) in [5.74, 6) is 1.30. The number of carbonyl (C=O) groups is 2. The maximum atomic E-state index is 13.5. The van der Waals surface area contributed by atoms with Gasteiger partial charge in [0, 0.05) is 13.1 Å². The van der Waals surface area contributed by atoms with E-state index in [2.05, 4.69) is 19.2 Å². The summed E-state index contributed by atoms with van der Waals surface area (Å²) in [5.41, 5.74) is 1.63. The predicted molar refractivity (Wildman–Crippen MR) is 137 cm³/mol. The molecule has 0 heterocycles. The first-order valence-electron chi connectivity index (χ1n) is 11.9. The number of benzene rings is 3. The van der Waals surface area contributed by atoms with Crippen molar-refractivity contribution < 1.29 is 19.1 Å². The van der Waals surface area contributed by atoms with Crippen molar-refractivity contribution in [3.05, 3.63) is 96.1 Å². The highest BCUT2D eigenvalue weighted by molar-refractivity contribution is 5.89. The summed E-state index contributed by atoms with van der Waals surface area (Å²) in [5, 5.41) is 3.03. The average Bonchev–Trinajstić information content (AvgIpc) is 2.88. The van der Waals surface area contributed by atoms with Crippen molar-refractivity contribution in [2.24, 2.45) is 5.92 Å². The maximum Gasteiger partial charge on any atom is 0.261 e. The van der Waals surface area contributed by atoms with Gasteiger partial charge in [-0.2, -0.15) is 0 Å². The van der Waals surface area contributed by atoms with Crippen LogP contribution in [0.15, 0.2) is 84.9 Å². The molecule has 0 spiro atoms. The van der Waals surface area contributed by atoms with Gasteiger partial charge in [-0.25, -0.2) is 0 Å². The van der Waals surface area contributed by atoms with Crippen LogP contribution in [0, 0.1) is 5.92 Å². The number of carbonyl (C=O) groups excluding carboxylic acids is 2. The molecule has 0 aliphatic heterocycles. The van der Waals surface area contributed by atoms with E-state index in [-0.39, 0.29) is 25.0 Å². The van der Waals surface area contributed by atoms with Gasteiger partial charge >= 0.3 is 0 Å². The molecule has 0 aliphatic rings. The third-order valence-electron chi connectivity index (χ3n) is 5.63. The lowest BCUT2D eigenvalue weighted by Gasteiger charge is -2.31. The molecule has 0 saturated carbocycles. The molecule has 0 bridgehead atoms. The standard InChI is InChI=1S/C29H34N2O4/c1-22(2)18-19-30-29(33)28(24-10-6-4-7-11-24)31(20-23-14-16-25(34-3)17-15-23)27(32)21-35-26-12-8-5-9-13-26/h4-17,22,28H,18-21H2,1-3H3,(H,30,33)/t28-/m1/s1. The quantitative estimate of drug-likeness (QED) is 0.401. The molecule has 0 unspecified atom stereocenters. The lowest BCUT2D eigenvalue weighted by molar-refractivity contribution is -0.143. The summed E-state index contributed by atoms with van der Waals surface area (Å²) in [4.78, 5) is 28.6. The van der Waals surface area contributed by atoms with E-state index in [9.17, 15) is 9.59 Å². The second-order valence-electron chi connectivity index (χ2n) is 8.76. The van der Waals surface area contributed by atoms with E-state index in [1.807, 2.05) is 72.8 Å². The summed E-state index contributed by atoms with van der Waals surface area (Å²) in [7, 11) is 1.61. The first kappa shape index (κ1) is 25.8. The highest BCUT2D eigenvalue weighted by Crippen LogP contribution is 2.25. The van der Waals surface area contributed by atoms with Gasteiger partial charge in [-0.3, -0.25) is 9.59 Å². The van der Waals surface area contributed by atoms with Crippen LogP contribution in [0.2, 0.25) is 0 Å². The van der Waals surface area contributed by atoms with Crippen molar-refractivity contribution in [3.63, 3.8) is 0 Å². The molecule has 1 atom stereocenters.